The Bertz CT molecular complexity index is 815. The minimum atomic E-state index is -1.94. The molecule has 1 heterocycles. The summed E-state index contributed by atoms with van der Waals surface area (Å²) in [6, 6.07) is 11.6. The number of hydrogen-bond donors (Lipinski definition) is 2. The normalized spacial score (nSPS) is 19.1. The maximum Gasteiger partial charge on any atom is 0.269 e. The first-order valence-corrected chi connectivity index (χ1v) is 6.83. The zero-order chi connectivity index (χ0) is 16.6. The van der Waals surface area contributed by atoms with Crippen LogP contribution in [0.4, 0.5) is 11.4 Å². The molecule has 0 spiro atoms. The molecule has 0 radical (unpaired) electrons. The zero-order valence-corrected chi connectivity index (χ0v) is 11.9. The second-order valence-electron chi connectivity index (χ2n) is 5.26. The monoisotopic (exact) mass is 312 g/mol. The number of nitrogens with one attached hydrogen (secondary N) is 1. The van der Waals surface area contributed by atoms with Crippen LogP contribution in [0.1, 0.15) is 22.3 Å². The number of nitrogens with zero attached hydrogens (tertiary/aromatic N) is 1. The zero-order valence-electron chi connectivity index (χ0n) is 11.9. The number of benzene rings is 2. The summed E-state index contributed by atoms with van der Waals surface area (Å²) in [5.74, 6) is -1.14. The Balaban J connectivity index is 1.87. The van der Waals surface area contributed by atoms with E-state index in [9.17, 15) is 24.8 Å². The van der Waals surface area contributed by atoms with Gasteiger partial charge in [0.25, 0.3) is 11.6 Å². The van der Waals surface area contributed by atoms with Crippen LogP contribution in [-0.4, -0.2) is 21.7 Å². The van der Waals surface area contributed by atoms with Crippen LogP contribution in [0, 0.1) is 10.1 Å². The summed E-state index contributed by atoms with van der Waals surface area (Å²) in [4.78, 5) is 34.4. The van der Waals surface area contributed by atoms with Crippen molar-refractivity contribution in [3.63, 3.8) is 0 Å². The van der Waals surface area contributed by atoms with E-state index < -0.39 is 28.6 Å². The molecule has 0 unspecified atom stereocenters. The standard InChI is InChI=1S/C16H12N2O5/c19-14(10-5-7-11(8-6-10)18(22)23)9-16(21)12-3-1-2-4-13(12)17-15(16)20/h1-8,21H,9H2,(H,17,20)/t16-/m0/s1. The number of aliphatic hydroxyl groups is 1. The lowest BCUT2D eigenvalue weighted by Gasteiger charge is -2.19. The van der Waals surface area contributed by atoms with Crippen LogP contribution in [-0.2, 0) is 10.4 Å². The molecule has 0 saturated carbocycles. The molecule has 1 aliphatic rings. The van der Waals surface area contributed by atoms with E-state index in [0.717, 1.165) is 0 Å². The van der Waals surface area contributed by atoms with Gasteiger partial charge in [0.2, 0.25) is 0 Å². The van der Waals surface area contributed by atoms with Gasteiger partial charge >= 0.3 is 0 Å². The number of fused-ring (bicyclic) bond motifs is 1. The largest absolute Gasteiger partial charge is 0.375 e. The lowest BCUT2D eigenvalue weighted by Crippen LogP contribution is -2.36. The van der Waals surface area contributed by atoms with Crippen LogP contribution in [0.25, 0.3) is 0 Å². The first-order valence-electron chi connectivity index (χ1n) is 6.83. The average Bonchev–Trinajstić information content (AvgIpc) is 2.79. The number of non-ortho nitro benzene ring substituents is 1. The predicted octanol–water partition coefficient (Wildman–Crippen LogP) is 2.01. The highest BCUT2D eigenvalue weighted by molar-refractivity contribution is 6.09. The first kappa shape index (κ1) is 14.9. The summed E-state index contributed by atoms with van der Waals surface area (Å²) in [7, 11) is 0. The Morgan fingerprint density at radius 3 is 2.48 bits per heavy atom. The van der Waals surface area contributed by atoms with Crippen LogP contribution in [0.5, 0.6) is 0 Å². The number of carbonyl (C=O) groups is 2. The van der Waals surface area contributed by atoms with E-state index in [1.807, 2.05) is 0 Å². The summed E-state index contributed by atoms with van der Waals surface area (Å²) in [6.07, 6.45) is -0.437. The number of anilines is 1. The Morgan fingerprint density at radius 1 is 1.17 bits per heavy atom. The maximum absolute atomic E-state index is 12.3. The molecule has 1 amide bonds. The number of ketones is 1. The number of nitro benzene ring substituents is 1. The molecule has 7 heteroatoms. The number of hydrogen-bond acceptors (Lipinski definition) is 5. The molecular formula is C16H12N2O5. The summed E-state index contributed by atoms with van der Waals surface area (Å²) in [6.45, 7) is 0. The molecule has 2 aromatic carbocycles. The third-order valence-electron chi connectivity index (χ3n) is 3.81. The van der Waals surface area contributed by atoms with Crippen LogP contribution in [0.3, 0.4) is 0 Å². The van der Waals surface area contributed by atoms with Crippen molar-refractivity contribution in [3.05, 3.63) is 69.8 Å². The molecule has 0 saturated heterocycles. The van der Waals surface area contributed by atoms with Gasteiger partial charge < -0.3 is 10.4 Å². The number of carbonyl (C=O) groups excluding carboxylic acids is 2. The van der Waals surface area contributed by atoms with Gasteiger partial charge in [0.1, 0.15) is 0 Å². The van der Waals surface area contributed by atoms with Crippen molar-refractivity contribution in [2.24, 2.45) is 0 Å². The fraction of sp³-hybridized carbons (Fsp3) is 0.125. The summed E-state index contributed by atoms with van der Waals surface area (Å²) < 4.78 is 0. The van der Waals surface area contributed by atoms with E-state index in [4.69, 9.17) is 0 Å². The molecule has 23 heavy (non-hydrogen) atoms. The van der Waals surface area contributed by atoms with E-state index >= 15 is 0 Å². The van der Waals surface area contributed by atoms with Crippen molar-refractivity contribution in [2.45, 2.75) is 12.0 Å². The second-order valence-corrected chi connectivity index (χ2v) is 5.26. The quantitative estimate of drug-likeness (QED) is 0.510. The highest BCUT2D eigenvalue weighted by Gasteiger charge is 2.46. The van der Waals surface area contributed by atoms with E-state index in [-0.39, 0.29) is 11.3 Å². The van der Waals surface area contributed by atoms with Crippen molar-refractivity contribution < 1.29 is 19.6 Å². The van der Waals surface area contributed by atoms with Gasteiger partial charge in [-0.05, 0) is 18.2 Å². The maximum atomic E-state index is 12.3. The minimum absolute atomic E-state index is 0.135. The summed E-state index contributed by atoms with van der Waals surface area (Å²) in [5, 5.41) is 23.8. The van der Waals surface area contributed by atoms with Crippen molar-refractivity contribution in [1.82, 2.24) is 0 Å². The highest BCUT2D eigenvalue weighted by atomic mass is 16.6. The SMILES string of the molecule is O=C(C[C@@]1(O)C(=O)Nc2ccccc21)c1ccc([N+](=O)[O-])cc1. The van der Waals surface area contributed by atoms with E-state index in [2.05, 4.69) is 5.32 Å². The van der Waals surface area contributed by atoms with Crippen molar-refractivity contribution in [1.29, 1.82) is 0 Å². The Hall–Kier alpha value is -3.06. The van der Waals surface area contributed by atoms with Gasteiger partial charge in [0.15, 0.2) is 11.4 Å². The van der Waals surface area contributed by atoms with Crippen LogP contribution >= 0.6 is 0 Å². The molecule has 7 nitrogen and oxygen atoms in total. The molecule has 0 aromatic heterocycles. The molecule has 2 N–H and O–H groups in total. The van der Waals surface area contributed by atoms with Crippen molar-refractivity contribution in [2.75, 3.05) is 5.32 Å². The average molecular weight is 312 g/mol. The topological polar surface area (TPSA) is 110 Å². The van der Waals surface area contributed by atoms with E-state index in [1.54, 1.807) is 24.3 Å². The lowest BCUT2D eigenvalue weighted by atomic mass is 9.88. The third-order valence-corrected chi connectivity index (χ3v) is 3.81. The molecule has 0 aliphatic carbocycles. The smallest absolute Gasteiger partial charge is 0.269 e. The number of nitro groups is 1. The third kappa shape index (κ3) is 2.47. The molecule has 2 aromatic rings. The van der Waals surface area contributed by atoms with Gasteiger partial charge in [-0.2, -0.15) is 0 Å². The van der Waals surface area contributed by atoms with Crippen LogP contribution < -0.4 is 5.32 Å². The highest BCUT2D eigenvalue weighted by Crippen LogP contribution is 2.38. The molecule has 1 atom stereocenters. The van der Waals surface area contributed by atoms with Gasteiger partial charge in [-0.15, -0.1) is 0 Å². The number of amides is 1. The number of Topliss-reactive ketones (excluding diaryl/α,β-unsaturated/α-hetero) is 1. The Kier molecular flexibility index (Phi) is 3.42. The molecule has 0 fully saturated rings. The fourth-order valence-electron chi connectivity index (χ4n) is 2.58. The van der Waals surface area contributed by atoms with Gasteiger partial charge in [0, 0.05) is 28.9 Å². The molecule has 116 valence electrons. The minimum Gasteiger partial charge on any atom is -0.375 e. The summed E-state index contributed by atoms with van der Waals surface area (Å²) >= 11 is 0. The van der Waals surface area contributed by atoms with Gasteiger partial charge in [0.05, 0.1) is 11.3 Å². The van der Waals surface area contributed by atoms with Gasteiger partial charge in [-0.25, -0.2) is 0 Å². The van der Waals surface area contributed by atoms with Gasteiger partial charge in [-0.1, -0.05) is 18.2 Å². The molecule has 0 bridgehead atoms. The van der Waals surface area contributed by atoms with Crippen molar-refractivity contribution in [3.8, 4) is 0 Å². The number of rotatable bonds is 4. The van der Waals surface area contributed by atoms with Crippen LogP contribution in [0.2, 0.25) is 0 Å². The van der Waals surface area contributed by atoms with Crippen LogP contribution in [0.15, 0.2) is 48.5 Å². The van der Waals surface area contributed by atoms with Crippen molar-refractivity contribution >= 4 is 23.1 Å². The van der Waals surface area contributed by atoms with E-state index in [0.29, 0.717) is 11.3 Å². The first-order chi connectivity index (χ1) is 10.9. The molecular weight excluding hydrogens is 300 g/mol. The number of para-hydroxylation sites is 1. The lowest BCUT2D eigenvalue weighted by molar-refractivity contribution is -0.384. The van der Waals surface area contributed by atoms with E-state index in [1.165, 1.54) is 24.3 Å². The molecule has 1 aliphatic heterocycles. The predicted molar refractivity (Wildman–Crippen MR) is 81.0 cm³/mol. The second kappa shape index (κ2) is 5.29. The molecule has 3 rings (SSSR count). The Morgan fingerprint density at radius 2 is 1.83 bits per heavy atom. The van der Waals surface area contributed by atoms with Gasteiger partial charge in [-0.3, -0.25) is 19.7 Å². The summed E-state index contributed by atoms with van der Waals surface area (Å²) in [5.41, 5.74) is -1.06. The fourth-order valence-corrected chi connectivity index (χ4v) is 2.58. The Labute approximate surface area is 130 Å².